The van der Waals surface area contributed by atoms with Crippen molar-refractivity contribution in [2.45, 2.75) is 56.9 Å². The number of nitrogens with zero attached hydrogens (tertiary/aromatic N) is 1. The van der Waals surface area contributed by atoms with Gasteiger partial charge in [0.2, 0.25) is 5.91 Å². The van der Waals surface area contributed by atoms with Gasteiger partial charge in [0, 0.05) is 5.69 Å². The number of amides is 1. The molecule has 1 fully saturated rings. The van der Waals surface area contributed by atoms with Crippen molar-refractivity contribution < 1.29 is 14.3 Å². The highest BCUT2D eigenvalue weighted by Crippen LogP contribution is 2.44. The van der Waals surface area contributed by atoms with Crippen LogP contribution in [0.15, 0.2) is 18.2 Å². The van der Waals surface area contributed by atoms with Gasteiger partial charge in [0.05, 0.1) is 31.9 Å². The number of hydrogen-bond acceptors (Lipinski definition) is 4. The Morgan fingerprint density at radius 2 is 1.93 bits per heavy atom. The van der Waals surface area contributed by atoms with E-state index in [2.05, 4.69) is 15.5 Å². The molecule has 27 heavy (non-hydrogen) atoms. The fourth-order valence-corrected chi connectivity index (χ4v) is 4.63. The third kappa shape index (κ3) is 3.07. The lowest BCUT2D eigenvalue weighted by atomic mass is 9.77. The van der Waals surface area contributed by atoms with Gasteiger partial charge in [-0.3, -0.25) is 9.89 Å². The van der Waals surface area contributed by atoms with Gasteiger partial charge in [-0.2, -0.15) is 5.10 Å². The number of aromatic nitrogens is 2. The minimum absolute atomic E-state index is 0.0852. The second-order valence-corrected chi connectivity index (χ2v) is 7.52. The van der Waals surface area contributed by atoms with Gasteiger partial charge in [0.25, 0.3) is 0 Å². The molecule has 1 amide bonds. The predicted octanol–water partition coefficient (Wildman–Crippen LogP) is 3.04. The number of aromatic amines is 1. The Morgan fingerprint density at radius 3 is 2.67 bits per heavy atom. The molecule has 0 saturated heterocycles. The van der Waals surface area contributed by atoms with E-state index in [9.17, 15) is 4.79 Å². The molecule has 2 N–H and O–H groups in total. The lowest BCUT2D eigenvalue weighted by molar-refractivity contribution is -0.126. The Kier molecular flexibility index (Phi) is 4.81. The van der Waals surface area contributed by atoms with Gasteiger partial charge in [0.1, 0.15) is 0 Å². The van der Waals surface area contributed by atoms with Crippen molar-refractivity contribution in [2.24, 2.45) is 0 Å². The highest BCUT2D eigenvalue weighted by Gasteiger charge is 2.43. The van der Waals surface area contributed by atoms with E-state index in [0.717, 1.165) is 49.8 Å². The molecule has 144 valence electrons. The molecule has 0 atom stereocenters. The summed E-state index contributed by atoms with van der Waals surface area (Å²) in [7, 11) is 3.25. The van der Waals surface area contributed by atoms with Crippen molar-refractivity contribution in [3.8, 4) is 11.5 Å². The quantitative estimate of drug-likeness (QED) is 0.821. The molecular weight excluding hydrogens is 342 g/mol. The molecule has 1 heterocycles. The van der Waals surface area contributed by atoms with Crippen LogP contribution in [0.4, 0.5) is 0 Å². The summed E-state index contributed by atoms with van der Waals surface area (Å²) in [6, 6.07) is 5.84. The first-order valence-electron chi connectivity index (χ1n) is 9.74. The van der Waals surface area contributed by atoms with E-state index >= 15 is 0 Å². The van der Waals surface area contributed by atoms with E-state index in [1.807, 2.05) is 18.2 Å². The molecule has 0 unspecified atom stereocenters. The number of nitrogens with one attached hydrogen (secondary N) is 2. The lowest BCUT2D eigenvalue weighted by Gasteiger charge is -2.29. The fourth-order valence-electron chi connectivity index (χ4n) is 4.63. The maximum absolute atomic E-state index is 13.3. The van der Waals surface area contributed by atoms with E-state index in [4.69, 9.17) is 9.47 Å². The summed E-state index contributed by atoms with van der Waals surface area (Å²) in [5.74, 6) is 1.43. The second-order valence-electron chi connectivity index (χ2n) is 7.52. The van der Waals surface area contributed by atoms with Gasteiger partial charge in [0.15, 0.2) is 11.5 Å². The molecule has 2 aliphatic rings. The maximum atomic E-state index is 13.3. The SMILES string of the molecule is COc1ccc(C2(C(=O)NCc3n[nH]c4c3CCC4)CCCC2)cc1OC. The Hall–Kier alpha value is -2.50. The lowest BCUT2D eigenvalue weighted by Crippen LogP contribution is -2.42. The first kappa shape index (κ1) is 17.9. The molecule has 6 nitrogen and oxygen atoms in total. The number of aryl methyl sites for hydroxylation is 1. The number of benzene rings is 1. The van der Waals surface area contributed by atoms with Gasteiger partial charge >= 0.3 is 0 Å². The van der Waals surface area contributed by atoms with Crippen LogP contribution in [0, 0.1) is 0 Å². The van der Waals surface area contributed by atoms with Crippen LogP contribution in [0.5, 0.6) is 11.5 Å². The number of H-pyrrole nitrogens is 1. The fraction of sp³-hybridized carbons (Fsp3) is 0.524. The summed E-state index contributed by atoms with van der Waals surface area (Å²) in [6.07, 6.45) is 7.10. The van der Waals surface area contributed by atoms with Gasteiger partial charge in [-0.25, -0.2) is 0 Å². The van der Waals surface area contributed by atoms with Gasteiger partial charge in [-0.1, -0.05) is 18.9 Å². The van der Waals surface area contributed by atoms with E-state index in [-0.39, 0.29) is 5.91 Å². The topological polar surface area (TPSA) is 76.2 Å². The van der Waals surface area contributed by atoms with Crippen molar-refractivity contribution in [2.75, 3.05) is 14.2 Å². The molecule has 4 rings (SSSR count). The van der Waals surface area contributed by atoms with Crippen molar-refractivity contribution in [1.29, 1.82) is 0 Å². The van der Waals surface area contributed by atoms with Crippen LogP contribution < -0.4 is 14.8 Å². The van der Waals surface area contributed by atoms with E-state index in [0.29, 0.717) is 18.0 Å². The Labute approximate surface area is 159 Å². The Balaban J connectivity index is 1.57. The van der Waals surface area contributed by atoms with Crippen molar-refractivity contribution in [1.82, 2.24) is 15.5 Å². The summed E-state index contributed by atoms with van der Waals surface area (Å²) in [4.78, 5) is 13.3. The molecule has 1 saturated carbocycles. The van der Waals surface area contributed by atoms with Gasteiger partial charge in [-0.05, 0) is 55.4 Å². The second kappa shape index (κ2) is 7.25. The van der Waals surface area contributed by atoms with E-state index in [1.165, 1.54) is 17.7 Å². The molecule has 1 aromatic heterocycles. The predicted molar refractivity (Wildman–Crippen MR) is 102 cm³/mol. The zero-order valence-corrected chi connectivity index (χ0v) is 16.1. The molecule has 6 heteroatoms. The standard InChI is InChI=1S/C21H27N3O3/c1-26-18-9-8-14(12-19(18)27-2)21(10-3-4-11-21)20(25)22-13-17-15-6-5-7-16(15)23-24-17/h8-9,12H,3-7,10-11,13H2,1-2H3,(H,22,25)(H,23,24). The molecular formula is C21H27N3O3. The molecule has 2 aliphatic carbocycles. The first-order chi connectivity index (χ1) is 13.2. The summed E-state index contributed by atoms with van der Waals surface area (Å²) in [5, 5.41) is 10.7. The smallest absolute Gasteiger partial charge is 0.230 e. The summed E-state index contributed by atoms with van der Waals surface area (Å²) >= 11 is 0. The number of hydrogen-bond donors (Lipinski definition) is 2. The molecule has 2 aromatic rings. The number of ether oxygens (including phenoxy) is 2. The Morgan fingerprint density at radius 1 is 1.15 bits per heavy atom. The van der Waals surface area contributed by atoms with E-state index in [1.54, 1.807) is 14.2 Å². The molecule has 0 bridgehead atoms. The average Bonchev–Trinajstić information content (AvgIpc) is 3.43. The van der Waals surface area contributed by atoms with Crippen LogP contribution in [0.3, 0.4) is 0 Å². The van der Waals surface area contributed by atoms with Crippen LogP contribution in [0.1, 0.15) is 54.6 Å². The molecule has 0 aliphatic heterocycles. The van der Waals surface area contributed by atoms with Crippen LogP contribution in [0.25, 0.3) is 0 Å². The highest BCUT2D eigenvalue weighted by atomic mass is 16.5. The normalized spacial score (nSPS) is 17.6. The first-order valence-corrected chi connectivity index (χ1v) is 9.74. The largest absolute Gasteiger partial charge is 0.493 e. The van der Waals surface area contributed by atoms with Crippen LogP contribution in [0.2, 0.25) is 0 Å². The third-order valence-electron chi connectivity index (χ3n) is 6.14. The molecule has 1 aromatic carbocycles. The van der Waals surface area contributed by atoms with Gasteiger partial charge in [-0.15, -0.1) is 0 Å². The zero-order chi connectivity index (χ0) is 18.9. The number of rotatable bonds is 6. The maximum Gasteiger partial charge on any atom is 0.230 e. The average molecular weight is 369 g/mol. The van der Waals surface area contributed by atoms with Crippen LogP contribution >= 0.6 is 0 Å². The number of fused-ring (bicyclic) bond motifs is 1. The van der Waals surface area contributed by atoms with Crippen LogP contribution in [-0.4, -0.2) is 30.3 Å². The van der Waals surface area contributed by atoms with Crippen molar-refractivity contribution in [3.05, 3.63) is 40.7 Å². The van der Waals surface area contributed by atoms with E-state index < -0.39 is 5.41 Å². The van der Waals surface area contributed by atoms with Crippen LogP contribution in [-0.2, 0) is 29.6 Å². The monoisotopic (exact) mass is 369 g/mol. The summed E-state index contributed by atoms with van der Waals surface area (Å²) in [6.45, 7) is 0.486. The Bertz CT molecular complexity index is 837. The van der Waals surface area contributed by atoms with Crippen molar-refractivity contribution >= 4 is 5.91 Å². The van der Waals surface area contributed by atoms with Crippen molar-refractivity contribution in [3.63, 3.8) is 0 Å². The number of carbonyl (C=O) groups excluding carboxylic acids is 1. The molecule has 0 radical (unpaired) electrons. The third-order valence-corrected chi connectivity index (χ3v) is 6.14. The number of methoxy groups -OCH3 is 2. The number of carbonyl (C=O) groups is 1. The summed E-state index contributed by atoms with van der Waals surface area (Å²) in [5.41, 5.74) is 4.01. The minimum Gasteiger partial charge on any atom is -0.493 e. The summed E-state index contributed by atoms with van der Waals surface area (Å²) < 4.78 is 10.8. The minimum atomic E-state index is -0.501. The van der Waals surface area contributed by atoms with Gasteiger partial charge < -0.3 is 14.8 Å². The zero-order valence-electron chi connectivity index (χ0n) is 16.1. The molecule has 0 spiro atoms. The highest BCUT2D eigenvalue weighted by molar-refractivity contribution is 5.88.